The number of benzene rings is 2. The number of hydrogen-bond acceptors (Lipinski definition) is 3. The second kappa shape index (κ2) is 7.58. The molecule has 1 aliphatic heterocycles. The monoisotopic (exact) mass is 373 g/mol. The second-order valence-corrected chi connectivity index (χ2v) is 7.62. The molecule has 1 heterocycles. The maximum atomic E-state index is 12.6. The number of carbonyl (C=O) groups excluding carboxylic acids is 1. The van der Waals surface area contributed by atoms with Gasteiger partial charge in [0.25, 0.3) is 5.91 Å². The summed E-state index contributed by atoms with van der Waals surface area (Å²) in [7, 11) is 0. The first kappa shape index (κ1) is 18.6. The molecule has 2 aromatic rings. The molecule has 0 bridgehead atoms. The Kier molecular flexibility index (Phi) is 5.42. The predicted molar refractivity (Wildman–Crippen MR) is 103 cm³/mol. The third kappa shape index (κ3) is 4.50. The number of amides is 1. The molecule has 5 heteroatoms. The lowest BCUT2D eigenvalue weighted by Crippen LogP contribution is -2.49. The Morgan fingerprint density at radius 2 is 2.00 bits per heavy atom. The lowest BCUT2D eigenvalue weighted by Gasteiger charge is -2.27. The molecule has 26 heavy (non-hydrogen) atoms. The summed E-state index contributed by atoms with van der Waals surface area (Å²) in [6.07, 6.45) is 1.71. The van der Waals surface area contributed by atoms with E-state index < -0.39 is 5.60 Å². The van der Waals surface area contributed by atoms with Gasteiger partial charge in [0, 0.05) is 17.5 Å². The van der Waals surface area contributed by atoms with Crippen molar-refractivity contribution in [2.45, 2.75) is 45.3 Å². The van der Waals surface area contributed by atoms with Gasteiger partial charge >= 0.3 is 0 Å². The van der Waals surface area contributed by atoms with Crippen LogP contribution in [0.1, 0.15) is 31.9 Å². The molecule has 1 aliphatic rings. The van der Waals surface area contributed by atoms with Crippen LogP contribution in [0.3, 0.4) is 0 Å². The Labute approximate surface area is 159 Å². The van der Waals surface area contributed by atoms with Crippen molar-refractivity contribution in [3.8, 4) is 11.5 Å². The zero-order valence-corrected chi connectivity index (χ0v) is 16.1. The van der Waals surface area contributed by atoms with Gasteiger partial charge in [-0.05, 0) is 68.7 Å². The van der Waals surface area contributed by atoms with Gasteiger partial charge in [0.05, 0.1) is 6.61 Å². The average Bonchev–Trinajstić information content (AvgIpc) is 3.04. The average molecular weight is 374 g/mol. The number of ether oxygens (including phenoxy) is 2. The molecule has 0 radical (unpaired) electrons. The van der Waals surface area contributed by atoms with Gasteiger partial charge in [0.1, 0.15) is 11.5 Å². The smallest absolute Gasteiger partial charge is 0.263 e. The molecule has 0 aromatic heterocycles. The predicted octanol–water partition coefficient (Wildman–Crippen LogP) is 4.18. The molecule has 1 atom stereocenters. The summed E-state index contributed by atoms with van der Waals surface area (Å²) in [5, 5.41) is 3.68. The van der Waals surface area contributed by atoms with Crippen molar-refractivity contribution < 1.29 is 14.3 Å². The summed E-state index contributed by atoms with van der Waals surface area (Å²) in [5.74, 6) is 1.44. The van der Waals surface area contributed by atoms with Gasteiger partial charge in [-0.2, -0.15) is 0 Å². The molecule has 138 valence electrons. The van der Waals surface area contributed by atoms with Crippen LogP contribution in [0.2, 0.25) is 5.02 Å². The third-order valence-electron chi connectivity index (χ3n) is 4.41. The van der Waals surface area contributed by atoms with Gasteiger partial charge in [0.15, 0.2) is 5.60 Å². The van der Waals surface area contributed by atoms with Crippen molar-refractivity contribution in [2.24, 2.45) is 0 Å². The van der Waals surface area contributed by atoms with Gasteiger partial charge in [0.2, 0.25) is 0 Å². The molecule has 0 saturated heterocycles. The Balaban J connectivity index is 1.58. The van der Waals surface area contributed by atoms with Crippen LogP contribution in [0, 0.1) is 0 Å². The number of hydrogen-bond donors (Lipinski definition) is 1. The van der Waals surface area contributed by atoms with Crippen molar-refractivity contribution in [2.75, 3.05) is 6.61 Å². The highest BCUT2D eigenvalue weighted by Gasteiger charge is 2.31. The van der Waals surface area contributed by atoms with E-state index in [4.69, 9.17) is 21.1 Å². The normalized spacial score (nSPS) is 14.3. The largest absolute Gasteiger partial charge is 0.493 e. The lowest BCUT2D eigenvalue weighted by molar-refractivity contribution is -0.134. The minimum atomic E-state index is -0.978. The molecule has 0 aliphatic carbocycles. The zero-order chi connectivity index (χ0) is 18.7. The minimum Gasteiger partial charge on any atom is -0.493 e. The van der Waals surface area contributed by atoms with Crippen LogP contribution in [0.4, 0.5) is 0 Å². The van der Waals surface area contributed by atoms with E-state index >= 15 is 0 Å². The van der Waals surface area contributed by atoms with Crippen LogP contribution in [0.5, 0.6) is 11.5 Å². The summed E-state index contributed by atoms with van der Waals surface area (Å²) >= 11 is 5.88. The summed E-state index contributed by atoms with van der Waals surface area (Å²) in [6, 6.07) is 13.2. The first-order chi connectivity index (χ1) is 12.3. The molecule has 1 N–H and O–H groups in total. The third-order valence-corrected chi connectivity index (χ3v) is 4.66. The quantitative estimate of drug-likeness (QED) is 0.826. The number of fused-ring (bicyclic) bond motifs is 1. The molecular formula is C21H24ClNO3. The van der Waals surface area contributed by atoms with E-state index in [1.165, 1.54) is 11.1 Å². The fraction of sp³-hybridized carbons (Fsp3) is 0.381. The summed E-state index contributed by atoms with van der Waals surface area (Å²) < 4.78 is 11.4. The Morgan fingerprint density at radius 3 is 2.73 bits per heavy atom. The molecule has 1 amide bonds. The van der Waals surface area contributed by atoms with E-state index in [1.807, 2.05) is 13.0 Å². The van der Waals surface area contributed by atoms with Gasteiger partial charge < -0.3 is 14.8 Å². The molecule has 2 aromatic carbocycles. The van der Waals surface area contributed by atoms with Gasteiger partial charge in [-0.3, -0.25) is 4.79 Å². The van der Waals surface area contributed by atoms with E-state index in [0.29, 0.717) is 10.8 Å². The number of halogens is 1. The Hall–Kier alpha value is -2.20. The Bertz CT molecular complexity index is 786. The van der Waals surface area contributed by atoms with E-state index in [9.17, 15) is 4.79 Å². The van der Waals surface area contributed by atoms with Crippen molar-refractivity contribution in [3.05, 3.63) is 58.6 Å². The van der Waals surface area contributed by atoms with E-state index in [2.05, 4.69) is 17.4 Å². The van der Waals surface area contributed by atoms with Gasteiger partial charge in [-0.15, -0.1) is 0 Å². The van der Waals surface area contributed by atoms with E-state index in [-0.39, 0.29) is 11.9 Å². The van der Waals surface area contributed by atoms with E-state index in [1.54, 1.807) is 38.1 Å². The van der Waals surface area contributed by atoms with Crippen molar-refractivity contribution in [3.63, 3.8) is 0 Å². The fourth-order valence-corrected chi connectivity index (χ4v) is 3.14. The highest BCUT2D eigenvalue weighted by molar-refractivity contribution is 6.30. The van der Waals surface area contributed by atoms with Gasteiger partial charge in [-0.25, -0.2) is 0 Å². The van der Waals surface area contributed by atoms with Crippen molar-refractivity contribution >= 4 is 17.5 Å². The van der Waals surface area contributed by atoms with E-state index in [0.717, 1.165) is 25.2 Å². The standard InChI is InChI=1S/C21H24ClNO3/c1-14(12-15-4-9-19-16(13-15)10-11-25-19)23-20(24)21(2,3)26-18-7-5-17(22)6-8-18/h4-9,13-14H,10-12H2,1-3H3,(H,23,24)/t14-/m1/s1. The highest BCUT2D eigenvalue weighted by atomic mass is 35.5. The van der Waals surface area contributed by atoms with Crippen LogP contribution in [-0.4, -0.2) is 24.2 Å². The minimum absolute atomic E-state index is 0.00374. The molecule has 3 rings (SSSR count). The topological polar surface area (TPSA) is 47.6 Å². The van der Waals surface area contributed by atoms with Crippen LogP contribution in [-0.2, 0) is 17.6 Å². The first-order valence-electron chi connectivity index (χ1n) is 8.83. The fourth-order valence-electron chi connectivity index (χ4n) is 3.01. The van der Waals surface area contributed by atoms with Crippen LogP contribution >= 0.6 is 11.6 Å². The molecule has 0 fully saturated rings. The second-order valence-electron chi connectivity index (χ2n) is 7.19. The van der Waals surface area contributed by atoms with Crippen LogP contribution in [0.15, 0.2) is 42.5 Å². The number of carbonyl (C=O) groups is 1. The molecule has 4 nitrogen and oxygen atoms in total. The number of nitrogens with one attached hydrogen (secondary N) is 1. The lowest BCUT2D eigenvalue weighted by atomic mass is 10.0. The zero-order valence-electron chi connectivity index (χ0n) is 15.3. The maximum Gasteiger partial charge on any atom is 0.263 e. The Morgan fingerprint density at radius 1 is 1.27 bits per heavy atom. The molecule has 0 saturated carbocycles. The molecule has 0 unspecified atom stereocenters. The van der Waals surface area contributed by atoms with Crippen LogP contribution in [0.25, 0.3) is 0 Å². The maximum absolute atomic E-state index is 12.6. The molecular weight excluding hydrogens is 350 g/mol. The summed E-state index contributed by atoms with van der Waals surface area (Å²) in [4.78, 5) is 12.6. The highest BCUT2D eigenvalue weighted by Crippen LogP contribution is 2.26. The van der Waals surface area contributed by atoms with Crippen molar-refractivity contribution in [1.82, 2.24) is 5.32 Å². The van der Waals surface area contributed by atoms with Crippen LogP contribution < -0.4 is 14.8 Å². The van der Waals surface area contributed by atoms with Gasteiger partial charge in [-0.1, -0.05) is 23.7 Å². The summed E-state index contributed by atoms with van der Waals surface area (Å²) in [6.45, 7) is 6.27. The van der Waals surface area contributed by atoms with Crippen molar-refractivity contribution in [1.29, 1.82) is 0 Å². The number of rotatable bonds is 6. The molecule has 0 spiro atoms. The SMILES string of the molecule is C[C@H](Cc1ccc2c(c1)CCO2)NC(=O)C(C)(C)Oc1ccc(Cl)cc1. The first-order valence-corrected chi connectivity index (χ1v) is 9.21. The summed E-state index contributed by atoms with van der Waals surface area (Å²) in [5.41, 5.74) is 1.46.